The average molecular weight is 328 g/mol. The van der Waals surface area contributed by atoms with Gasteiger partial charge in [0.05, 0.1) is 21.9 Å². The van der Waals surface area contributed by atoms with E-state index in [0.717, 1.165) is 12.4 Å². The Kier molecular flexibility index (Phi) is 4.29. The fourth-order valence-corrected chi connectivity index (χ4v) is 1.82. The molecular formula is C11H7Cl2N5O3. The van der Waals surface area contributed by atoms with E-state index in [0.29, 0.717) is 5.69 Å². The zero-order valence-corrected chi connectivity index (χ0v) is 12.0. The van der Waals surface area contributed by atoms with Crippen LogP contribution in [0.4, 0.5) is 11.4 Å². The van der Waals surface area contributed by atoms with Gasteiger partial charge in [0.25, 0.3) is 11.6 Å². The number of hydrogen-bond acceptors (Lipinski definition) is 6. The summed E-state index contributed by atoms with van der Waals surface area (Å²) in [5.74, 6) is -0.623. The Morgan fingerprint density at radius 1 is 1.33 bits per heavy atom. The van der Waals surface area contributed by atoms with Crippen LogP contribution in [0.3, 0.4) is 0 Å². The molecule has 0 aromatic carbocycles. The van der Waals surface area contributed by atoms with Crippen LogP contribution in [0.2, 0.25) is 10.4 Å². The molecule has 0 aliphatic rings. The molecule has 0 bridgehead atoms. The van der Waals surface area contributed by atoms with Crippen LogP contribution in [0.25, 0.3) is 0 Å². The fourth-order valence-electron chi connectivity index (χ4n) is 1.43. The van der Waals surface area contributed by atoms with E-state index in [-0.39, 0.29) is 27.4 Å². The molecule has 0 radical (unpaired) electrons. The molecule has 21 heavy (non-hydrogen) atoms. The number of rotatable bonds is 3. The lowest BCUT2D eigenvalue weighted by atomic mass is 10.2. The molecule has 2 aromatic rings. The molecule has 0 saturated carbocycles. The summed E-state index contributed by atoms with van der Waals surface area (Å²) in [5, 5.41) is 13.0. The van der Waals surface area contributed by atoms with Crippen molar-refractivity contribution < 1.29 is 9.72 Å². The van der Waals surface area contributed by atoms with Gasteiger partial charge in [0.15, 0.2) is 0 Å². The lowest BCUT2D eigenvalue weighted by Crippen LogP contribution is -2.15. The zero-order valence-electron chi connectivity index (χ0n) is 10.5. The topological polar surface area (TPSA) is 111 Å². The number of aromatic nitrogens is 3. The molecule has 0 aliphatic carbocycles. The molecule has 0 fully saturated rings. The fraction of sp³-hybridized carbons (Fsp3) is 0.0909. The molecule has 0 atom stereocenters. The van der Waals surface area contributed by atoms with Crippen LogP contribution in [0.15, 0.2) is 18.5 Å². The van der Waals surface area contributed by atoms with Crippen LogP contribution in [0.5, 0.6) is 0 Å². The van der Waals surface area contributed by atoms with Gasteiger partial charge in [-0.15, -0.1) is 0 Å². The number of pyridine rings is 1. The maximum absolute atomic E-state index is 12.1. The van der Waals surface area contributed by atoms with Crippen LogP contribution in [-0.2, 0) is 0 Å². The van der Waals surface area contributed by atoms with Gasteiger partial charge in [0.2, 0.25) is 5.28 Å². The summed E-state index contributed by atoms with van der Waals surface area (Å²) < 4.78 is 0. The van der Waals surface area contributed by atoms with Crippen molar-refractivity contribution in [3.63, 3.8) is 0 Å². The maximum atomic E-state index is 12.1. The summed E-state index contributed by atoms with van der Waals surface area (Å²) in [7, 11) is 0. The summed E-state index contributed by atoms with van der Waals surface area (Å²) >= 11 is 11.3. The molecule has 0 aliphatic heterocycles. The zero-order chi connectivity index (χ0) is 15.6. The van der Waals surface area contributed by atoms with Gasteiger partial charge in [-0.3, -0.25) is 19.9 Å². The van der Waals surface area contributed by atoms with Crippen LogP contribution in [0.1, 0.15) is 16.1 Å². The highest BCUT2D eigenvalue weighted by atomic mass is 35.5. The minimum atomic E-state index is -0.623. The van der Waals surface area contributed by atoms with Crippen molar-refractivity contribution in [2.75, 3.05) is 5.32 Å². The molecule has 0 spiro atoms. The first-order chi connectivity index (χ1) is 9.88. The summed E-state index contributed by atoms with van der Waals surface area (Å²) in [6.45, 7) is 1.60. The third-order valence-corrected chi connectivity index (χ3v) is 2.96. The number of nitro groups is 1. The molecule has 0 saturated heterocycles. The van der Waals surface area contributed by atoms with E-state index < -0.39 is 10.8 Å². The molecule has 108 valence electrons. The number of anilines is 1. The highest BCUT2D eigenvalue weighted by molar-refractivity contribution is 6.34. The molecule has 2 heterocycles. The number of halogens is 2. The molecule has 10 heteroatoms. The van der Waals surface area contributed by atoms with Crippen molar-refractivity contribution >= 4 is 40.5 Å². The van der Waals surface area contributed by atoms with E-state index in [9.17, 15) is 14.9 Å². The molecular weight excluding hydrogens is 321 g/mol. The Bertz CT molecular complexity index is 738. The van der Waals surface area contributed by atoms with Gasteiger partial charge < -0.3 is 5.32 Å². The number of nitrogens with one attached hydrogen (secondary N) is 1. The van der Waals surface area contributed by atoms with Crippen molar-refractivity contribution in [3.05, 3.63) is 50.3 Å². The monoisotopic (exact) mass is 327 g/mol. The number of nitrogens with zero attached hydrogens (tertiary/aromatic N) is 4. The summed E-state index contributed by atoms with van der Waals surface area (Å²) in [6, 6.07) is 1.20. The first-order valence-electron chi connectivity index (χ1n) is 5.49. The lowest BCUT2D eigenvalue weighted by Gasteiger charge is -2.08. The predicted molar refractivity (Wildman–Crippen MR) is 75.6 cm³/mol. The second kappa shape index (κ2) is 5.98. The quantitative estimate of drug-likeness (QED) is 0.401. The van der Waals surface area contributed by atoms with Gasteiger partial charge >= 0.3 is 0 Å². The number of aryl methyl sites for hydroxylation is 1. The Balaban J connectivity index is 2.31. The van der Waals surface area contributed by atoms with Crippen molar-refractivity contribution in [2.45, 2.75) is 6.92 Å². The van der Waals surface area contributed by atoms with Crippen molar-refractivity contribution in [3.8, 4) is 0 Å². The molecule has 2 rings (SSSR count). The molecule has 0 unspecified atom stereocenters. The largest absolute Gasteiger partial charge is 0.320 e. The minimum absolute atomic E-state index is 0.00743. The Labute approximate surface area is 128 Å². The van der Waals surface area contributed by atoms with Crippen molar-refractivity contribution in [1.29, 1.82) is 0 Å². The summed E-state index contributed by atoms with van der Waals surface area (Å²) in [6.07, 6.45) is 2.26. The minimum Gasteiger partial charge on any atom is -0.320 e. The van der Waals surface area contributed by atoms with Crippen LogP contribution in [-0.4, -0.2) is 25.8 Å². The normalized spacial score (nSPS) is 10.2. The number of amides is 1. The molecule has 1 amide bonds. The molecule has 8 nitrogen and oxygen atoms in total. The van der Waals surface area contributed by atoms with Crippen molar-refractivity contribution in [2.24, 2.45) is 0 Å². The number of carbonyl (C=O) groups is 1. The van der Waals surface area contributed by atoms with Crippen LogP contribution in [0, 0.1) is 17.0 Å². The van der Waals surface area contributed by atoms with E-state index in [4.69, 9.17) is 23.2 Å². The highest BCUT2D eigenvalue weighted by Gasteiger charge is 2.16. The van der Waals surface area contributed by atoms with E-state index >= 15 is 0 Å². The van der Waals surface area contributed by atoms with Gasteiger partial charge in [-0.05, 0) is 18.5 Å². The Morgan fingerprint density at radius 2 is 2.05 bits per heavy atom. The second-order valence-corrected chi connectivity index (χ2v) is 4.58. The van der Waals surface area contributed by atoms with Crippen LogP contribution < -0.4 is 5.32 Å². The smallest absolute Gasteiger partial charge is 0.289 e. The van der Waals surface area contributed by atoms with Crippen LogP contribution >= 0.6 is 23.2 Å². The standard InChI is InChI=1S/C11H7Cl2N5O3/c1-5-8(2-6(3-14-5)18(20)21)16-10(19)7-4-15-11(13)17-9(7)12/h2-4H,1H3,(H,16,19). The third kappa shape index (κ3) is 3.41. The molecule has 1 N–H and O–H groups in total. The first kappa shape index (κ1) is 15.1. The van der Waals surface area contributed by atoms with Gasteiger partial charge in [0, 0.05) is 12.3 Å². The predicted octanol–water partition coefficient (Wildman–Crippen LogP) is 2.65. The van der Waals surface area contributed by atoms with E-state index in [1.807, 2.05) is 0 Å². The lowest BCUT2D eigenvalue weighted by molar-refractivity contribution is -0.385. The summed E-state index contributed by atoms with van der Waals surface area (Å²) in [5.41, 5.74) is 0.362. The van der Waals surface area contributed by atoms with E-state index in [1.165, 1.54) is 6.07 Å². The SMILES string of the molecule is Cc1ncc([N+](=O)[O-])cc1NC(=O)c1cnc(Cl)nc1Cl. The second-order valence-electron chi connectivity index (χ2n) is 3.88. The number of carbonyl (C=O) groups excluding carboxylic acids is 1. The molecule has 2 aromatic heterocycles. The first-order valence-corrected chi connectivity index (χ1v) is 6.24. The summed E-state index contributed by atoms with van der Waals surface area (Å²) in [4.78, 5) is 33.3. The highest BCUT2D eigenvalue weighted by Crippen LogP contribution is 2.21. The Morgan fingerprint density at radius 3 is 2.67 bits per heavy atom. The maximum Gasteiger partial charge on any atom is 0.289 e. The van der Waals surface area contributed by atoms with E-state index in [1.54, 1.807) is 6.92 Å². The van der Waals surface area contributed by atoms with Gasteiger partial charge in [0.1, 0.15) is 11.3 Å². The van der Waals surface area contributed by atoms with Gasteiger partial charge in [-0.1, -0.05) is 11.6 Å². The Hall–Kier alpha value is -2.32. The van der Waals surface area contributed by atoms with Gasteiger partial charge in [-0.2, -0.15) is 0 Å². The van der Waals surface area contributed by atoms with Gasteiger partial charge in [-0.25, -0.2) is 9.97 Å². The van der Waals surface area contributed by atoms with E-state index in [2.05, 4.69) is 20.3 Å². The van der Waals surface area contributed by atoms with Crippen molar-refractivity contribution in [1.82, 2.24) is 15.0 Å². The number of hydrogen-bond donors (Lipinski definition) is 1. The average Bonchev–Trinajstić information content (AvgIpc) is 2.40. The third-order valence-electron chi connectivity index (χ3n) is 2.49.